The Kier molecular flexibility index (Phi) is 4.84. The zero-order valence-electron chi connectivity index (χ0n) is 11.6. The first-order valence-corrected chi connectivity index (χ1v) is 6.26. The number of nitrogens with zero attached hydrogens (tertiary/aromatic N) is 2. The van der Waals surface area contributed by atoms with Crippen LogP contribution in [0.15, 0.2) is 24.5 Å². The van der Waals surface area contributed by atoms with Gasteiger partial charge in [0, 0.05) is 25.5 Å². The van der Waals surface area contributed by atoms with Crippen LogP contribution in [0.25, 0.3) is 0 Å². The minimum Gasteiger partial charge on any atom is -0.389 e. The van der Waals surface area contributed by atoms with Crippen LogP contribution in [0.5, 0.6) is 0 Å². The Hall–Kier alpha value is -1.42. The molecule has 0 aliphatic carbocycles. The summed E-state index contributed by atoms with van der Waals surface area (Å²) in [6.45, 7) is 8.13. The summed E-state index contributed by atoms with van der Waals surface area (Å²) in [5, 5.41) is 9.81. The van der Waals surface area contributed by atoms with Crippen LogP contribution in [-0.2, 0) is 4.79 Å². The number of aromatic nitrogens is 1. The maximum atomic E-state index is 12.3. The molecule has 0 spiro atoms. The molecule has 1 unspecified atom stereocenters. The molecular weight excluding hydrogens is 228 g/mol. The molecule has 1 rings (SSSR count). The average molecular weight is 250 g/mol. The van der Waals surface area contributed by atoms with E-state index in [1.807, 2.05) is 26.0 Å². The number of carbonyl (C=O) groups is 1. The summed E-state index contributed by atoms with van der Waals surface area (Å²) in [5.74, 6) is -0.214. The molecular formula is C14H22N2O2. The third-order valence-electron chi connectivity index (χ3n) is 2.83. The first kappa shape index (κ1) is 14.6. The number of pyridine rings is 1. The number of rotatable bonds is 5. The third kappa shape index (κ3) is 4.11. The highest BCUT2D eigenvalue weighted by Crippen LogP contribution is 2.18. The topological polar surface area (TPSA) is 53.4 Å². The van der Waals surface area contributed by atoms with Gasteiger partial charge in [0.05, 0.1) is 11.5 Å². The normalized spacial score (nSPS) is 13.2. The summed E-state index contributed by atoms with van der Waals surface area (Å²) in [7, 11) is 0. The van der Waals surface area contributed by atoms with Crippen LogP contribution in [0, 0.1) is 0 Å². The minimum atomic E-state index is -0.875. The van der Waals surface area contributed by atoms with E-state index in [9.17, 15) is 9.90 Å². The summed E-state index contributed by atoms with van der Waals surface area (Å²) in [6, 6.07) is 3.72. The fraction of sp³-hybridized carbons (Fsp3) is 0.571. The Balaban J connectivity index is 2.79. The first-order valence-electron chi connectivity index (χ1n) is 6.26. The monoisotopic (exact) mass is 250 g/mol. The van der Waals surface area contributed by atoms with Gasteiger partial charge in [0.15, 0.2) is 0 Å². The first-order chi connectivity index (χ1) is 8.35. The molecule has 1 atom stereocenters. The highest BCUT2D eigenvalue weighted by atomic mass is 16.3. The number of hydrogen-bond donors (Lipinski definition) is 1. The molecule has 1 aromatic heterocycles. The molecule has 1 amide bonds. The second-order valence-electron chi connectivity index (χ2n) is 5.17. The number of amides is 1. The van der Waals surface area contributed by atoms with Crippen LogP contribution >= 0.6 is 0 Å². The Bertz CT molecular complexity index is 385. The molecule has 0 bridgehead atoms. The molecule has 0 aromatic carbocycles. The lowest BCUT2D eigenvalue weighted by Gasteiger charge is -2.30. The van der Waals surface area contributed by atoms with Crippen molar-refractivity contribution in [1.82, 2.24) is 9.88 Å². The molecule has 0 aliphatic rings. The Morgan fingerprint density at radius 2 is 2.22 bits per heavy atom. The number of carbonyl (C=O) groups excluding carboxylic acids is 1. The van der Waals surface area contributed by atoms with Crippen molar-refractivity contribution in [3.8, 4) is 0 Å². The third-order valence-corrected chi connectivity index (χ3v) is 2.83. The van der Waals surface area contributed by atoms with Gasteiger partial charge in [0.2, 0.25) is 5.91 Å². The average Bonchev–Trinajstić information content (AvgIpc) is 2.34. The van der Waals surface area contributed by atoms with Gasteiger partial charge in [-0.05, 0) is 39.3 Å². The van der Waals surface area contributed by atoms with Crippen molar-refractivity contribution in [2.45, 2.75) is 39.2 Å². The van der Waals surface area contributed by atoms with E-state index in [0.717, 1.165) is 5.56 Å². The van der Waals surface area contributed by atoms with Crippen molar-refractivity contribution in [2.24, 2.45) is 0 Å². The summed E-state index contributed by atoms with van der Waals surface area (Å²) in [4.78, 5) is 18.0. The van der Waals surface area contributed by atoms with Gasteiger partial charge in [-0.15, -0.1) is 0 Å². The smallest absolute Gasteiger partial charge is 0.229 e. The summed E-state index contributed by atoms with van der Waals surface area (Å²) in [6.07, 6.45) is 3.40. The van der Waals surface area contributed by atoms with Crippen LogP contribution < -0.4 is 0 Å². The van der Waals surface area contributed by atoms with Gasteiger partial charge in [-0.3, -0.25) is 9.78 Å². The van der Waals surface area contributed by atoms with E-state index < -0.39 is 5.60 Å². The van der Waals surface area contributed by atoms with Crippen molar-refractivity contribution < 1.29 is 9.90 Å². The van der Waals surface area contributed by atoms with E-state index in [1.54, 1.807) is 31.1 Å². The number of likely N-dealkylation sites (N-methyl/N-ethyl adjacent to an activating group) is 1. The molecule has 1 heterocycles. The fourth-order valence-electron chi connectivity index (χ4n) is 1.86. The van der Waals surface area contributed by atoms with Gasteiger partial charge in [-0.25, -0.2) is 0 Å². The van der Waals surface area contributed by atoms with Crippen LogP contribution in [0.3, 0.4) is 0 Å². The quantitative estimate of drug-likeness (QED) is 0.867. The van der Waals surface area contributed by atoms with Crippen LogP contribution in [0.2, 0.25) is 0 Å². The van der Waals surface area contributed by atoms with Gasteiger partial charge in [0.25, 0.3) is 0 Å². The molecule has 0 saturated carbocycles. The molecule has 0 radical (unpaired) electrons. The van der Waals surface area contributed by atoms with Gasteiger partial charge in [-0.2, -0.15) is 0 Å². The molecule has 0 fully saturated rings. The van der Waals surface area contributed by atoms with Gasteiger partial charge < -0.3 is 10.0 Å². The van der Waals surface area contributed by atoms with Crippen molar-refractivity contribution in [2.75, 3.05) is 13.1 Å². The second kappa shape index (κ2) is 5.96. The van der Waals surface area contributed by atoms with Crippen molar-refractivity contribution in [3.63, 3.8) is 0 Å². The van der Waals surface area contributed by atoms with Crippen LogP contribution in [-0.4, -0.2) is 39.6 Å². The summed E-state index contributed by atoms with van der Waals surface area (Å²) < 4.78 is 0. The van der Waals surface area contributed by atoms with Gasteiger partial charge in [-0.1, -0.05) is 6.07 Å². The zero-order valence-corrected chi connectivity index (χ0v) is 11.6. The van der Waals surface area contributed by atoms with Crippen molar-refractivity contribution in [3.05, 3.63) is 30.1 Å². The Morgan fingerprint density at radius 3 is 2.67 bits per heavy atom. The van der Waals surface area contributed by atoms with Crippen molar-refractivity contribution >= 4 is 5.91 Å². The predicted molar refractivity (Wildman–Crippen MR) is 71.2 cm³/mol. The standard InChI is InChI=1S/C14H22N2O2/c1-5-16(10-14(3,4)18)13(17)11(2)12-7-6-8-15-9-12/h6-9,11,18H,5,10H2,1-4H3. The Labute approximate surface area is 109 Å². The molecule has 0 saturated heterocycles. The van der Waals surface area contributed by atoms with E-state index in [4.69, 9.17) is 0 Å². The fourth-order valence-corrected chi connectivity index (χ4v) is 1.86. The van der Waals surface area contributed by atoms with E-state index >= 15 is 0 Å². The highest BCUT2D eigenvalue weighted by molar-refractivity contribution is 5.83. The molecule has 1 N–H and O–H groups in total. The van der Waals surface area contributed by atoms with E-state index in [-0.39, 0.29) is 11.8 Å². The second-order valence-corrected chi connectivity index (χ2v) is 5.17. The predicted octanol–water partition coefficient (Wildman–Crippen LogP) is 1.80. The molecule has 1 aromatic rings. The lowest BCUT2D eigenvalue weighted by molar-refractivity contribution is -0.135. The largest absolute Gasteiger partial charge is 0.389 e. The minimum absolute atomic E-state index is 0.0209. The molecule has 0 aliphatic heterocycles. The maximum absolute atomic E-state index is 12.3. The van der Waals surface area contributed by atoms with E-state index in [0.29, 0.717) is 13.1 Å². The molecule has 18 heavy (non-hydrogen) atoms. The van der Waals surface area contributed by atoms with Crippen LogP contribution in [0.1, 0.15) is 39.2 Å². The molecule has 100 valence electrons. The SMILES string of the molecule is CCN(CC(C)(C)O)C(=O)C(C)c1cccnc1. The highest BCUT2D eigenvalue weighted by Gasteiger charge is 2.25. The zero-order chi connectivity index (χ0) is 13.8. The lowest BCUT2D eigenvalue weighted by Crippen LogP contribution is -2.43. The van der Waals surface area contributed by atoms with Gasteiger partial charge >= 0.3 is 0 Å². The number of hydrogen-bond acceptors (Lipinski definition) is 3. The van der Waals surface area contributed by atoms with Crippen LogP contribution in [0.4, 0.5) is 0 Å². The van der Waals surface area contributed by atoms with E-state index in [2.05, 4.69) is 4.98 Å². The number of aliphatic hydroxyl groups is 1. The Morgan fingerprint density at radius 1 is 1.56 bits per heavy atom. The summed E-state index contributed by atoms with van der Waals surface area (Å²) in [5.41, 5.74) is 0.0250. The lowest BCUT2D eigenvalue weighted by atomic mass is 10.0. The molecule has 4 heteroatoms. The van der Waals surface area contributed by atoms with Gasteiger partial charge in [0.1, 0.15) is 0 Å². The molecule has 4 nitrogen and oxygen atoms in total. The van der Waals surface area contributed by atoms with E-state index in [1.165, 1.54) is 0 Å². The maximum Gasteiger partial charge on any atom is 0.229 e. The van der Waals surface area contributed by atoms with Crippen molar-refractivity contribution in [1.29, 1.82) is 0 Å². The summed E-state index contributed by atoms with van der Waals surface area (Å²) >= 11 is 0.